The minimum absolute atomic E-state index is 0.00646. The van der Waals surface area contributed by atoms with Gasteiger partial charge in [0.25, 0.3) is 5.91 Å². The van der Waals surface area contributed by atoms with E-state index in [9.17, 15) is 10.1 Å². The number of halogens is 1. The number of carbonyl (C=O) groups is 1. The van der Waals surface area contributed by atoms with Crippen LogP contribution in [-0.2, 0) is 11.2 Å². The molecule has 5 heteroatoms. The molecule has 0 radical (unpaired) electrons. The Morgan fingerprint density at radius 1 is 1.20 bits per heavy atom. The summed E-state index contributed by atoms with van der Waals surface area (Å²) in [7, 11) is 0. The van der Waals surface area contributed by atoms with Gasteiger partial charge in [-0.1, -0.05) is 42.8 Å². The second kappa shape index (κ2) is 8.91. The lowest BCUT2D eigenvalue weighted by Gasteiger charge is -2.13. The Morgan fingerprint density at radius 3 is 2.40 bits per heavy atom. The smallest absolute Gasteiger partial charge is 0.267 e. The molecule has 1 atom stereocenters. The van der Waals surface area contributed by atoms with Crippen LogP contribution >= 0.6 is 11.6 Å². The normalized spacial score (nSPS) is 12.2. The predicted octanol–water partition coefficient (Wildman–Crippen LogP) is 4.60. The first kappa shape index (κ1) is 18.6. The van der Waals surface area contributed by atoms with Crippen LogP contribution in [0, 0.1) is 11.3 Å². The Labute approximate surface area is 153 Å². The second-order valence-corrected chi connectivity index (χ2v) is 6.05. The summed E-state index contributed by atoms with van der Waals surface area (Å²) in [4.78, 5) is 12.2. The first-order valence-electron chi connectivity index (χ1n) is 8.05. The molecule has 0 heterocycles. The molecular formula is C20H20ClN3O. The van der Waals surface area contributed by atoms with Crippen LogP contribution in [0.4, 0.5) is 5.69 Å². The molecular weight excluding hydrogens is 334 g/mol. The number of hydrogen-bond donors (Lipinski definition) is 2. The van der Waals surface area contributed by atoms with Crippen LogP contribution in [0.5, 0.6) is 0 Å². The summed E-state index contributed by atoms with van der Waals surface area (Å²) in [5, 5.41) is 15.6. The zero-order chi connectivity index (χ0) is 18.2. The number of anilines is 1. The summed E-state index contributed by atoms with van der Waals surface area (Å²) < 4.78 is 0. The van der Waals surface area contributed by atoms with E-state index in [1.165, 1.54) is 11.8 Å². The maximum absolute atomic E-state index is 12.2. The van der Waals surface area contributed by atoms with Crippen LogP contribution in [0.15, 0.2) is 60.3 Å². The minimum atomic E-state index is -0.467. The number of benzene rings is 2. The highest BCUT2D eigenvalue weighted by molar-refractivity contribution is 6.30. The Morgan fingerprint density at radius 2 is 1.84 bits per heavy atom. The molecule has 1 amide bonds. The third-order valence-corrected chi connectivity index (χ3v) is 4.08. The topological polar surface area (TPSA) is 64.9 Å². The van der Waals surface area contributed by atoms with Gasteiger partial charge in [-0.15, -0.1) is 0 Å². The summed E-state index contributed by atoms with van der Waals surface area (Å²) in [6.45, 7) is 4.08. The third-order valence-electron chi connectivity index (χ3n) is 3.83. The van der Waals surface area contributed by atoms with Crippen LogP contribution in [0.25, 0.3) is 0 Å². The van der Waals surface area contributed by atoms with Gasteiger partial charge in [0.2, 0.25) is 0 Å². The monoisotopic (exact) mass is 353 g/mol. The lowest BCUT2D eigenvalue weighted by Crippen LogP contribution is -2.18. The molecule has 0 aliphatic carbocycles. The predicted molar refractivity (Wildman–Crippen MR) is 101 cm³/mol. The van der Waals surface area contributed by atoms with E-state index in [1.54, 1.807) is 24.3 Å². The summed E-state index contributed by atoms with van der Waals surface area (Å²) in [6, 6.07) is 16.9. The summed E-state index contributed by atoms with van der Waals surface area (Å²) in [5.41, 5.74) is 2.95. The van der Waals surface area contributed by atoms with Gasteiger partial charge in [-0.25, -0.2) is 0 Å². The van der Waals surface area contributed by atoms with Crippen LogP contribution in [0.3, 0.4) is 0 Å². The number of nitrogens with zero attached hydrogens (tertiary/aromatic N) is 1. The average Bonchev–Trinajstić information content (AvgIpc) is 2.64. The van der Waals surface area contributed by atoms with Crippen molar-refractivity contribution in [2.45, 2.75) is 26.3 Å². The fourth-order valence-electron chi connectivity index (χ4n) is 2.23. The molecule has 0 saturated carbocycles. The van der Waals surface area contributed by atoms with Crippen molar-refractivity contribution < 1.29 is 4.79 Å². The van der Waals surface area contributed by atoms with Gasteiger partial charge in [-0.2, -0.15) is 5.26 Å². The van der Waals surface area contributed by atoms with Gasteiger partial charge in [-0.3, -0.25) is 4.79 Å². The Balaban J connectivity index is 2.01. The van der Waals surface area contributed by atoms with E-state index in [0.29, 0.717) is 10.7 Å². The molecule has 128 valence electrons. The van der Waals surface area contributed by atoms with Crippen molar-refractivity contribution in [3.8, 4) is 6.07 Å². The fraction of sp³-hybridized carbons (Fsp3) is 0.200. The van der Waals surface area contributed by atoms with Crippen LogP contribution in [0.2, 0.25) is 5.02 Å². The fourth-order valence-corrected chi connectivity index (χ4v) is 2.35. The standard InChI is InChI=1S/C20H20ClN3O/c1-3-15-4-6-16(7-5-15)14(2)23-13-17(12-22)20(25)24-19-10-8-18(21)9-11-19/h4-11,13-14,23H,3H2,1-2H3,(H,24,25)/b17-13-. The van der Waals surface area contributed by atoms with Gasteiger partial charge >= 0.3 is 0 Å². The summed E-state index contributed by atoms with van der Waals surface area (Å²) in [6.07, 6.45) is 2.44. The molecule has 0 aliphatic rings. The Kier molecular flexibility index (Phi) is 6.62. The van der Waals surface area contributed by atoms with Crippen LogP contribution in [0.1, 0.15) is 31.0 Å². The van der Waals surface area contributed by atoms with E-state index in [2.05, 4.69) is 29.7 Å². The van der Waals surface area contributed by atoms with Crippen molar-refractivity contribution in [3.05, 3.63) is 76.5 Å². The molecule has 0 fully saturated rings. The van der Waals surface area contributed by atoms with Gasteiger partial charge in [0.1, 0.15) is 11.6 Å². The molecule has 0 spiro atoms. The van der Waals surface area contributed by atoms with Crippen LogP contribution in [-0.4, -0.2) is 5.91 Å². The Bertz CT molecular complexity index is 789. The molecule has 1 unspecified atom stereocenters. The first-order chi connectivity index (χ1) is 12.0. The van der Waals surface area contributed by atoms with E-state index < -0.39 is 5.91 Å². The average molecular weight is 354 g/mol. The van der Waals surface area contributed by atoms with Gasteiger partial charge in [-0.05, 0) is 48.7 Å². The van der Waals surface area contributed by atoms with E-state index in [-0.39, 0.29) is 11.6 Å². The highest BCUT2D eigenvalue weighted by Crippen LogP contribution is 2.15. The number of rotatable bonds is 6. The minimum Gasteiger partial charge on any atom is -0.383 e. The number of carbonyl (C=O) groups excluding carboxylic acids is 1. The van der Waals surface area contributed by atoms with E-state index >= 15 is 0 Å². The third kappa shape index (κ3) is 5.37. The highest BCUT2D eigenvalue weighted by atomic mass is 35.5. The van der Waals surface area contributed by atoms with Crippen molar-refractivity contribution in [1.29, 1.82) is 5.26 Å². The van der Waals surface area contributed by atoms with Crippen molar-refractivity contribution in [2.75, 3.05) is 5.32 Å². The zero-order valence-electron chi connectivity index (χ0n) is 14.2. The lowest BCUT2D eigenvalue weighted by atomic mass is 10.1. The number of hydrogen-bond acceptors (Lipinski definition) is 3. The summed E-state index contributed by atoms with van der Waals surface area (Å²) >= 11 is 5.81. The number of nitriles is 1. The van der Waals surface area contributed by atoms with Crippen molar-refractivity contribution >= 4 is 23.2 Å². The van der Waals surface area contributed by atoms with Gasteiger partial charge in [0.15, 0.2) is 0 Å². The van der Waals surface area contributed by atoms with Gasteiger partial charge < -0.3 is 10.6 Å². The molecule has 0 bridgehead atoms. The molecule has 2 N–H and O–H groups in total. The van der Waals surface area contributed by atoms with Crippen molar-refractivity contribution in [1.82, 2.24) is 5.32 Å². The molecule has 2 aromatic carbocycles. The molecule has 0 saturated heterocycles. The second-order valence-electron chi connectivity index (χ2n) is 5.61. The molecule has 2 aromatic rings. The van der Waals surface area contributed by atoms with Crippen molar-refractivity contribution in [2.24, 2.45) is 0 Å². The van der Waals surface area contributed by atoms with Gasteiger partial charge in [0, 0.05) is 23.0 Å². The lowest BCUT2D eigenvalue weighted by molar-refractivity contribution is -0.112. The number of amides is 1. The maximum atomic E-state index is 12.2. The first-order valence-corrected chi connectivity index (χ1v) is 8.43. The number of nitrogens with one attached hydrogen (secondary N) is 2. The Hall–Kier alpha value is -2.77. The van der Waals surface area contributed by atoms with Crippen molar-refractivity contribution in [3.63, 3.8) is 0 Å². The van der Waals surface area contributed by atoms with E-state index in [0.717, 1.165) is 12.0 Å². The largest absolute Gasteiger partial charge is 0.383 e. The number of aryl methyl sites for hydroxylation is 1. The van der Waals surface area contributed by atoms with E-state index in [4.69, 9.17) is 11.6 Å². The summed E-state index contributed by atoms with van der Waals surface area (Å²) in [5.74, 6) is -0.467. The van der Waals surface area contributed by atoms with Crippen LogP contribution < -0.4 is 10.6 Å². The quantitative estimate of drug-likeness (QED) is 0.589. The maximum Gasteiger partial charge on any atom is 0.267 e. The molecule has 2 rings (SSSR count). The zero-order valence-corrected chi connectivity index (χ0v) is 15.0. The molecule has 25 heavy (non-hydrogen) atoms. The molecule has 0 aliphatic heterocycles. The van der Waals surface area contributed by atoms with Gasteiger partial charge in [0.05, 0.1) is 0 Å². The van der Waals surface area contributed by atoms with E-state index in [1.807, 2.05) is 25.1 Å². The highest BCUT2D eigenvalue weighted by Gasteiger charge is 2.10. The SMILES string of the molecule is CCc1ccc(C(C)N/C=C(/C#N)C(=O)Nc2ccc(Cl)cc2)cc1. The molecule has 4 nitrogen and oxygen atoms in total. The molecule has 0 aromatic heterocycles.